The second kappa shape index (κ2) is 11.1. The third-order valence-electron chi connectivity index (χ3n) is 4.75. The molecule has 0 saturated heterocycles. The molecular weight excluding hydrogens is 368 g/mol. The zero-order valence-electron chi connectivity index (χ0n) is 17.6. The fraction of sp³-hybridized carbons (Fsp3) is 0.391. The molecule has 1 atom stereocenters. The maximum atomic E-state index is 12.9. The summed E-state index contributed by atoms with van der Waals surface area (Å²) in [7, 11) is 3.18. The number of hydrogen-bond acceptors (Lipinski definition) is 4. The SMILES string of the molecule is CNC(=O)[C@@H](C)N(Cc1ccc(OC)cc1)C(=O)CCCOc1ccc(C)cc1. The van der Waals surface area contributed by atoms with E-state index in [4.69, 9.17) is 9.47 Å². The van der Waals surface area contributed by atoms with Crippen molar-refractivity contribution in [3.63, 3.8) is 0 Å². The fourth-order valence-corrected chi connectivity index (χ4v) is 2.91. The average molecular weight is 399 g/mol. The molecule has 2 aromatic rings. The maximum Gasteiger partial charge on any atom is 0.242 e. The van der Waals surface area contributed by atoms with E-state index in [0.717, 1.165) is 17.1 Å². The molecule has 6 nitrogen and oxygen atoms in total. The van der Waals surface area contributed by atoms with E-state index in [-0.39, 0.29) is 11.8 Å². The molecule has 0 aliphatic rings. The summed E-state index contributed by atoms with van der Waals surface area (Å²) >= 11 is 0. The molecule has 0 aromatic heterocycles. The number of nitrogens with zero attached hydrogens (tertiary/aromatic N) is 1. The van der Waals surface area contributed by atoms with Gasteiger partial charge in [0.15, 0.2) is 0 Å². The Kier molecular flexibility index (Phi) is 8.52. The first-order valence-electron chi connectivity index (χ1n) is 9.78. The van der Waals surface area contributed by atoms with E-state index in [0.29, 0.717) is 26.0 Å². The van der Waals surface area contributed by atoms with Crippen molar-refractivity contribution in [2.75, 3.05) is 20.8 Å². The highest BCUT2D eigenvalue weighted by molar-refractivity contribution is 5.87. The van der Waals surface area contributed by atoms with Crippen LogP contribution in [0.1, 0.15) is 30.9 Å². The third-order valence-corrected chi connectivity index (χ3v) is 4.75. The number of likely N-dealkylation sites (N-methyl/N-ethyl adjacent to an activating group) is 1. The molecule has 0 heterocycles. The van der Waals surface area contributed by atoms with Gasteiger partial charge in [-0.2, -0.15) is 0 Å². The highest BCUT2D eigenvalue weighted by atomic mass is 16.5. The smallest absolute Gasteiger partial charge is 0.242 e. The van der Waals surface area contributed by atoms with Gasteiger partial charge in [-0.3, -0.25) is 9.59 Å². The molecule has 156 valence electrons. The Morgan fingerprint density at radius 2 is 1.66 bits per heavy atom. The molecule has 2 aromatic carbocycles. The molecule has 6 heteroatoms. The number of benzene rings is 2. The highest BCUT2D eigenvalue weighted by Gasteiger charge is 2.25. The molecule has 0 fully saturated rings. The summed E-state index contributed by atoms with van der Waals surface area (Å²) in [5.74, 6) is 1.27. The van der Waals surface area contributed by atoms with Crippen LogP contribution in [0.15, 0.2) is 48.5 Å². The van der Waals surface area contributed by atoms with Crippen LogP contribution >= 0.6 is 0 Å². The molecule has 29 heavy (non-hydrogen) atoms. The van der Waals surface area contributed by atoms with E-state index in [1.807, 2.05) is 55.5 Å². The van der Waals surface area contributed by atoms with Crippen molar-refractivity contribution in [3.8, 4) is 11.5 Å². The number of hydrogen-bond donors (Lipinski definition) is 1. The van der Waals surface area contributed by atoms with Crippen LogP contribution in [0.3, 0.4) is 0 Å². The van der Waals surface area contributed by atoms with Crippen LogP contribution in [0.5, 0.6) is 11.5 Å². The van der Waals surface area contributed by atoms with E-state index in [1.165, 1.54) is 5.56 Å². The van der Waals surface area contributed by atoms with Crippen molar-refractivity contribution in [1.29, 1.82) is 0 Å². The molecule has 0 bridgehead atoms. The lowest BCUT2D eigenvalue weighted by Gasteiger charge is -2.28. The van der Waals surface area contributed by atoms with Crippen molar-refractivity contribution in [1.82, 2.24) is 10.2 Å². The van der Waals surface area contributed by atoms with Crippen molar-refractivity contribution < 1.29 is 19.1 Å². The van der Waals surface area contributed by atoms with Gasteiger partial charge in [0.05, 0.1) is 13.7 Å². The van der Waals surface area contributed by atoms with Gasteiger partial charge < -0.3 is 19.7 Å². The Balaban J connectivity index is 1.95. The van der Waals surface area contributed by atoms with Crippen LogP contribution in [-0.4, -0.2) is 43.5 Å². The average Bonchev–Trinajstić information content (AvgIpc) is 2.75. The highest BCUT2D eigenvalue weighted by Crippen LogP contribution is 2.16. The van der Waals surface area contributed by atoms with Crippen molar-refractivity contribution in [2.24, 2.45) is 0 Å². The maximum absolute atomic E-state index is 12.9. The van der Waals surface area contributed by atoms with Gasteiger partial charge in [0.1, 0.15) is 17.5 Å². The molecule has 0 radical (unpaired) electrons. The number of rotatable bonds is 10. The standard InChI is InChI=1S/C23H30N2O4/c1-17-7-11-21(12-8-17)29-15-5-6-22(26)25(18(2)23(27)24-3)16-19-9-13-20(28-4)14-10-19/h7-14,18H,5-6,15-16H2,1-4H3,(H,24,27)/t18-/m1/s1. The van der Waals surface area contributed by atoms with Crippen LogP contribution in [-0.2, 0) is 16.1 Å². The van der Waals surface area contributed by atoms with Gasteiger partial charge in [0.2, 0.25) is 11.8 Å². The Bertz CT molecular complexity index is 788. The zero-order chi connectivity index (χ0) is 21.2. The summed E-state index contributed by atoms with van der Waals surface area (Å²) in [6.07, 6.45) is 0.885. The topological polar surface area (TPSA) is 67.9 Å². The monoisotopic (exact) mass is 398 g/mol. The normalized spacial score (nSPS) is 11.4. The van der Waals surface area contributed by atoms with E-state index < -0.39 is 6.04 Å². The number of methoxy groups -OCH3 is 1. The van der Waals surface area contributed by atoms with Gasteiger partial charge in [0, 0.05) is 20.0 Å². The van der Waals surface area contributed by atoms with Gasteiger partial charge in [-0.05, 0) is 50.1 Å². The minimum absolute atomic E-state index is 0.0792. The lowest BCUT2D eigenvalue weighted by Crippen LogP contribution is -2.46. The number of aryl methyl sites for hydroxylation is 1. The summed E-state index contributed by atoms with van der Waals surface area (Å²) in [6.45, 7) is 4.56. The number of carbonyl (C=O) groups is 2. The first kappa shape index (κ1) is 22.3. The number of nitrogens with one attached hydrogen (secondary N) is 1. The molecule has 0 unspecified atom stereocenters. The molecule has 0 saturated carbocycles. The second-order valence-electron chi connectivity index (χ2n) is 6.93. The van der Waals surface area contributed by atoms with Gasteiger partial charge in [-0.1, -0.05) is 29.8 Å². The largest absolute Gasteiger partial charge is 0.497 e. The van der Waals surface area contributed by atoms with Crippen molar-refractivity contribution in [2.45, 2.75) is 39.3 Å². The minimum Gasteiger partial charge on any atom is -0.497 e. The summed E-state index contributed by atoms with van der Waals surface area (Å²) in [5.41, 5.74) is 2.11. The number of ether oxygens (including phenoxy) is 2. The van der Waals surface area contributed by atoms with Crippen LogP contribution in [0.4, 0.5) is 0 Å². The minimum atomic E-state index is -0.562. The molecule has 0 aliphatic heterocycles. The van der Waals surface area contributed by atoms with E-state index in [1.54, 1.807) is 26.0 Å². The molecule has 2 amide bonds. The van der Waals surface area contributed by atoms with Crippen molar-refractivity contribution >= 4 is 11.8 Å². The Hall–Kier alpha value is -3.02. The van der Waals surface area contributed by atoms with E-state index >= 15 is 0 Å². The predicted molar refractivity (Wildman–Crippen MR) is 113 cm³/mol. The number of amides is 2. The van der Waals surface area contributed by atoms with Crippen molar-refractivity contribution in [3.05, 3.63) is 59.7 Å². The van der Waals surface area contributed by atoms with Crippen LogP contribution < -0.4 is 14.8 Å². The summed E-state index contributed by atoms with van der Waals surface area (Å²) < 4.78 is 10.9. The first-order valence-corrected chi connectivity index (χ1v) is 9.78. The lowest BCUT2D eigenvalue weighted by molar-refractivity contribution is -0.140. The zero-order valence-corrected chi connectivity index (χ0v) is 17.6. The first-order chi connectivity index (χ1) is 13.9. The number of carbonyl (C=O) groups excluding carboxylic acids is 2. The molecular formula is C23H30N2O4. The van der Waals surface area contributed by atoms with Gasteiger partial charge >= 0.3 is 0 Å². The summed E-state index contributed by atoms with van der Waals surface area (Å²) in [6, 6.07) is 14.7. The Morgan fingerprint density at radius 3 is 2.24 bits per heavy atom. The molecule has 0 spiro atoms. The van der Waals surface area contributed by atoms with Gasteiger partial charge in [-0.25, -0.2) is 0 Å². The molecule has 1 N–H and O–H groups in total. The third kappa shape index (κ3) is 6.82. The lowest BCUT2D eigenvalue weighted by atomic mass is 10.1. The van der Waals surface area contributed by atoms with Crippen LogP contribution in [0.2, 0.25) is 0 Å². The fourth-order valence-electron chi connectivity index (χ4n) is 2.91. The predicted octanol–water partition coefficient (Wildman–Crippen LogP) is 3.33. The Morgan fingerprint density at radius 1 is 1.03 bits per heavy atom. The van der Waals surface area contributed by atoms with Crippen LogP contribution in [0, 0.1) is 6.92 Å². The van der Waals surface area contributed by atoms with E-state index in [2.05, 4.69) is 5.32 Å². The van der Waals surface area contributed by atoms with Gasteiger partial charge in [-0.15, -0.1) is 0 Å². The van der Waals surface area contributed by atoms with Gasteiger partial charge in [0.25, 0.3) is 0 Å². The van der Waals surface area contributed by atoms with Crippen LogP contribution in [0.25, 0.3) is 0 Å². The second-order valence-corrected chi connectivity index (χ2v) is 6.93. The van der Waals surface area contributed by atoms with E-state index in [9.17, 15) is 9.59 Å². The quantitative estimate of drug-likeness (QED) is 0.624. The summed E-state index contributed by atoms with van der Waals surface area (Å²) in [4.78, 5) is 26.6. The Labute approximate surface area is 172 Å². The summed E-state index contributed by atoms with van der Waals surface area (Å²) in [5, 5.41) is 2.62. The molecule has 2 rings (SSSR count). The molecule has 0 aliphatic carbocycles.